The number of fused-ring (bicyclic) bond motifs is 1. The summed E-state index contributed by atoms with van der Waals surface area (Å²) >= 11 is 0. The fourth-order valence-electron chi connectivity index (χ4n) is 2.92. The van der Waals surface area contributed by atoms with E-state index in [4.69, 9.17) is 0 Å². The molecule has 0 saturated carbocycles. The van der Waals surface area contributed by atoms with Crippen molar-refractivity contribution in [3.63, 3.8) is 0 Å². The Bertz CT molecular complexity index is 566. The lowest BCUT2D eigenvalue weighted by Crippen LogP contribution is -2.13. The summed E-state index contributed by atoms with van der Waals surface area (Å²) in [4.78, 5) is 4.28. The first-order chi connectivity index (χ1) is 9.88. The third-order valence-electron chi connectivity index (χ3n) is 4.02. The smallest absolute Gasteiger partial charge is 0.0376 e. The third kappa shape index (κ3) is 2.68. The first kappa shape index (κ1) is 13.1. The maximum atomic E-state index is 4.28. The van der Waals surface area contributed by atoms with Gasteiger partial charge >= 0.3 is 0 Å². The molecule has 104 valence electrons. The number of pyridine rings is 1. The average molecular weight is 267 g/mol. The highest BCUT2D eigenvalue weighted by molar-refractivity contribution is 5.58. The molecule has 1 aromatic carbocycles. The number of hydrogen-bond donors (Lipinski definition) is 2. The molecule has 20 heavy (non-hydrogen) atoms. The Morgan fingerprint density at radius 1 is 1.30 bits per heavy atom. The van der Waals surface area contributed by atoms with Crippen LogP contribution in [0.1, 0.15) is 29.0 Å². The highest BCUT2D eigenvalue weighted by Crippen LogP contribution is 2.32. The maximum Gasteiger partial charge on any atom is 0.0376 e. The quantitative estimate of drug-likeness (QED) is 0.874. The van der Waals surface area contributed by atoms with Crippen molar-refractivity contribution in [3.8, 4) is 0 Å². The van der Waals surface area contributed by atoms with Gasteiger partial charge in [-0.1, -0.05) is 18.2 Å². The van der Waals surface area contributed by atoms with Crippen LogP contribution >= 0.6 is 0 Å². The van der Waals surface area contributed by atoms with Crippen LogP contribution in [-0.4, -0.2) is 25.1 Å². The Labute approximate surface area is 120 Å². The van der Waals surface area contributed by atoms with Crippen LogP contribution in [0.5, 0.6) is 0 Å². The zero-order valence-electron chi connectivity index (χ0n) is 11.9. The molecular weight excluding hydrogens is 246 g/mol. The van der Waals surface area contributed by atoms with Crippen LogP contribution in [0.4, 0.5) is 5.69 Å². The van der Waals surface area contributed by atoms with Crippen LogP contribution in [0.3, 0.4) is 0 Å². The van der Waals surface area contributed by atoms with Crippen molar-refractivity contribution in [3.05, 3.63) is 59.4 Å². The molecular formula is C17H21N3. The second-order valence-corrected chi connectivity index (χ2v) is 5.32. The Balaban J connectivity index is 1.92. The van der Waals surface area contributed by atoms with Gasteiger partial charge in [0.15, 0.2) is 0 Å². The van der Waals surface area contributed by atoms with Gasteiger partial charge in [-0.25, -0.2) is 0 Å². The number of hydrogen-bond acceptors (Lipinski definition) is 3. The van der Waals surface area contributed by atoms with Gasteiger partial charge in [-0.2, -0.15) is 0 Å². The highest BCUT2D eigenvalue weighted by Gasteiger charge is 2.17. The number of nitrogens with one attached hydrogen (secondary N) is 2. The summed E-state index contributed by atoms with van der Waals surface area (Å²) in [7, 11) is 2.00. The van der Waals surface area contributed by atoms with Crippen molar-refractivity contribution in [2.45, 2.75) is 18.8 Å². The molecule has 0 spiro atoms. The number of anilines is 1. The molecule has 2 N–H and O–H groups in total. The summed E-state index contributed by atoms with van der Waals surface area (Å²) in [6, 6.07) is 11.1. The van der Waals surface area contributed by atoms with E-state index in [2.05, 4.69) is 39.9 Å². The Hall–Kier alpha value is -1.87. The summed E-state index contributed by atoms with van der Waals surface area (Å²) in [5.74, 6) is 0.406. The van der Waals surface area contributed by atoms with Gasteiger partial charge in [-0.15, -0.1) is 0 Å². The normalized spacial score (nSPS) is 14.7. The molecule has 0 amide bonds. The molecule has 1 aromatic heterocycles. The van der Waals surface area contributed by atoms with E-state index in [0.717, 1.165) is 25.9 Å². The van der Waals surface area contributed by atoms with Gasteiger partial charge in [0.1, 0.15) is 0 Å². The molecule has 0 aliphatic carbocycles. The summed E-state index contributed by atoms with van der Waals surface area (Å²) in [6.45, 7) is 2.07. The molecule has 2 aromatic rings. The number of rotatable bonds is 5. The van der Waals surface area contributed by atoms with E-state index >= 15 is 0 Å². The molecule has 1 aliphatic rings. The first-order valence-electron chi connectivity index (χ1n) is 7.29. The molecule has 0 fully saturated rings. The maximum absolute atomic E-state index is 4.28. The minimum Gasteiger partial charge on any atom is -0.384 e. The Kier molecular flexibility index (Phi) is 3.97. The predicted octanol–water partition coefficient (Wildman–Crippen LogP) is 2.79. The summed E-state index contributed by atoms with van der Waals surface area (Å²) in [5.41, 5.74) is 5.41. The van der Waals surface area contributed by atoms with Crippen molar-refractivity contribution >= 4 is 5.69 Å². The van der Waals surface area contributed by atoms with Crippen molar-refractivity contribution in [1.82, 2.24) is 10.3 Å². The van der Waals surface area contributed by atoms with E-state index in [0.29, 0.717) is 5.92 Å². The SMILES string of the molecule is CNCCC(c1cccnc1)c1ccc2c(c1)NCC2. The molecule has 1 aliphatic heterocycles. The van der Waals surface area contributed by atoms with Crippen LogP contribution in [-0.2, 0) is 6.42 Å². The first-order valence-corrected chi connectivity index (χ1v) is 7.29. The lowest BCUT2D eigenvalue weighted by molar-refractivity contribution is 0.660. The van der Waals surface area contributed by atoms with Gasteiger partial charge < -0.3 is 10.6 Å². The Morgan fingerprint density at radius 3 is 3.05 bits per heavy atom. The standard InChI is InChI=1S/C17H21N3/c1-18-9-7-16(15-3-2-8-19-12-15)14-5-4-13-6-10-20-17(13)11-14/h2-5,8,11-12,16,18,20H,6-7,9-10H2,1H3. The van der Waals surface area contributed by atoms with E-state index in [1.54, 1.807) is 0 Å². The van der Waals surface area contributed by atoms with Gasteiger partial charge in [0.05, 0.1) is 0 Å². The van der Waals surface area contributed by atoms with Crippen LogP contribution < -0.4 is 10.6 Å². The van der Waals surface area contributed by atoms with Crippen molar-refractivity contribution < 1.29 is 0 Å². The van der Waals surface area contributed by atoms with E-state index in [-0.39, 0.29) is 0 Å². The van der Waals surface area contributed by atoms with Gasteiger partial charge in [-0.3, -0.25) is 4.98 Å². The number of aromatic nitrogens is 1. The van der Waals surface area contributed by atoms with Crippen LogP contribution in [0.15, 0.2) is 42.7 Å². The molecule has 0 bridgehead atoms. The van der Waals surface area contributed by atoms with Crippen LogP contribution in [0, 0.1) is 0 Å². The number of benzene rings is 1. The third-order valence-corrected chi connectivity index (χ3v) is 4.02. The fourth-order valence-corrected chi connectivity index (χ4v) is 2.92. The minimum absolute atomic E-state index is 0.406. The summed E-state index contributed by atoms with van der Waals surface area (Å²) in [5, 5.41) is 6.73. The second-order valence-electron chi connectivity index (χ2n) is 5.32. The zero-order chi connectivity index (χ0) is 13.8. The summed E-state index contributed by atoms with van der Waals surface area (Å²) < 4.78 is 0. The topological polar surface area (TPSA) is 37.0 Å². The van der Waals surface area contributed by atoms with E-state index in [1.807, 2.05) is 25.5 Å². The molecule has 3 nitrogen and oxygen atoms in total. The molecule has 3 heteroatoms. The molecule has 0 radical (unpaired) electrons. The van der Waals surface area contributed by atoms with Gasteiger partial charge in [0, 0.05) is 30.5 Å². The average Bonchev–Trinajstić information content (AvgIpc) is 2.96. The van der Waals surface area contributed by atoms with Crippen LogP contribution in [0.2, 0.25) is 0 Å². The monoisotopic (exact) mass is 267 g/mol. The Morgan fingerprint density at radius 2 is 2.25 bits per heavy atom. The number of nitrogens with zero attached hydrogens (tertiary/aromatic N) is 1. The van der Waals surface area contributed by atoms with Crippen molar-refractivity contribution in [2.75, 3.05) is 25.5 Å². The fraction of sp³-hybridized carbons (Fsp3) is 0.353. The largest absolute Gasteiger partial charge is 0.384 e. The van der Waals surface area contributed by atoms with E-state index in [1.165, 1.54) is 22.4 Å². The lowest BCUT2D eigenvalue weighted by atomic mass is 9.88. The molecule has 2 heterocycles. The van der Waals surface area contributed by atoms with Gasteiger partial charge in [0.2, 0.25) is 0 Å². The zero-order valence-corrected chi connectivity index (χ0v) is 11.9. The van der Waals surface area contributed by atoms with Crippen LogP contribution in [0.25, 0.3) is 0 Å². The van der Waals surface area contributed by atoms with Gasteiger partial charge in [0.25, 0.3) is 0 Å². The second kappa shape index (κ2) is 6.06. The minimum atomic E-state index is 0.406. The van der Waals surface area contributed by atoms with E-state index in [9.17, 15) is 0 Å². The van der Waals surface area contributed by atoms with Crippen molar-refractivity contribution in [1.29, 1.82) is 0 Å². The summed E-state index contributed by atoms with van der Waals surface area (Å²) in [6.07, 6.45) is 6.05. The lowest BCUT2D eigenvalue weighted by Gasteiger charge is -2.18. The van der Waals surface area contributed by atoms with Crippen molar-refractivity contribution in [2.24, 2.45) is 0 Å². The molecule has 0 saturated heterocycles. The molecule has 1 unspecified atom stereocenters. The van der Waals surface area contributed by atoms with E-state index < -0.39 is 0 Å². The highest BCUT2D eigenvalue weighted by atomic mass is 14.9. The van der Waals surface area contributed by atoms with Gasteiger partial charge in [-0.05, 0) is 55.3 Å². The predicted molar refractivity (Wildman–Crippen MR) is 83.3 cm³/mol. The molecule has 3 rings (SSSR count). The molecule has 1 atom stereocenters.